The molecule has 0 fully saturated rings. The molecule has 0 bridgehead atoms. The van der Waals surface area contributed by atoms with Gasteiger partial charge in [0.2, 0.25) is 0 Å². The minimum atomic E-state index is -4.71. The van der Waals surface area contributed by atoms with Gasteiger partial charge in [0.05, 0.1) is 32.1 Å². The topological polar surface area (TPSA) is 204 Å². The number of rotatable bonds is 32. The maximum Gasteiger partial charge on any atom is 0.472 e. The Bertz CT molecular complexity index is 1510. The SMILES string of the molecule is CCCCCCCCCCCCCCCCCCOCC(COc1ccccc1)COP(=O)(O)OC[C@@H](OC#N)[C@@H](O)[C@@H](O)c1ccc2c(N)ncnn12. The minimum Gasteiger partial charge on any atom is -0.493 e. The first-order valence-corrected chi connectivity index (χ1v) is 21.1. The first-order chi connectivity index (χ1) is 26.3. The second-order valence-corrected chi connectivity index (χ2v) is 15.3. The van der Waals surface area contributed by atoms with Gasteiger partial charge in [-0.3, -0.25) is 9.05 Å². The van der Waals surface area contributed by atoms with Gasteiger partial charge in [0.1, 0.15) is 29.8 Å². The first kappa shape index (κ1) is 45.1. The number of para-hydroxylation sites is 1. The number of benzene rings is 1. The molecule has 0 radical (unpaired) electrons. The Kier molecular flexibility index (Phi) is 22.1. The van der Waals surface area contributed by atoms with Crippen molar-refractivity contribution in [1.82, 2.24) is 14.6 Å². The Balaban J connectivity index is 1.36. The molecule has 0 aliphatic heterocycles. The van der Waals surface area contributed by atoms with Gasteiger partial charge in [-0.1, -0.05) is 121 Å². The predicted molar refractivity (Wildman–Crippen MR) is 206 cm³/mol. The third-order valence-corrected chi connectivity index (χ3v) is 10.3. The number of fused-ring (bicyclic) bond motifs is 1. The Morgan fingerprint density at radius 3 is 2.02 bits per heavy atom. The Morgan fingerprint density at radius 2 is 1.41 bits per heavy atom. The van der Waals surface area contributed by atoms with Crippen molar-refractivity contribution < 1.29 is 42.9 Å². The zero-order valence-corrected chi connectivity index (χ0v) is 32.8. The molecule has 15 heteroatoms. The third kappa shape index (κ3) is 17.5. The van der Waals surface area contributed by atoms with Crippen molar-refractivity contribution >= 4 is 19.2 Å². The quantitative estimate of drug-likeness (QED) is 0.0273. The molecule has 302 valence electrons. The summed E-state index contributed by atoms with van der Waals surface area (Å²) < 4.78 is 41.2. The first-order valence-electron chi connectivity index (χ1n) is 19.6. The number of nitrogen functional groups attached to an aromatic ring is 1. The Morgan fingerprint density at radius 1 is 0.815 bits per heavy atom. The van der Waals surface area contributed by atoms with Crippen LogP contribution in [0, 0.1) is 17.4 Å². The van der Waals surface area contributed by atoms with E-state index in [1.165, 1.54) is 113 Å². The summed E-state index contributed by atoms with van der Waals surface area (Å²) in [6, 6.07) is 12.2. The van der Waals surface area contributed by atoms with E-state index in [9.17, 15) is 19.7 Å². The van der Waals surface area contributed by atoms with Crippen LogP contribution in [0.1, 0.15) is 121 Å². The molecule has 0 saturated heterocycles. The van der Waals surface area contributed by atoms with Crippen molar-refractivity contribution in [2.75, 3.05) is 38.8 Å². The van der Waals surface area contributed by atoms with E-state index in [-0.39, 0.29) is 31.3 Å². The van der Waals surface area contributed by atoms with E-state index in [0.29, 0.717) is 17.9 Å². The van der Waals surface area contributed by atoms with Gasteiger partial charge in [-0.2, -0.15) is 10.4 Å². The number of ether oxygens (including phenoxy) is 3. The van der Waals surface area contributed by atoms with Gasteiger partial charge in [-0.25, -0.2) is 14.1 Å². The lowest BCUT2D eigenvalue weighted by atomic mass is 10.0. The van der Waals surface area contributed by atoms with Gasteiger partial charge >= 0.3 is 7.82 Å². The fraction of sp³-hybridized carbons (Fsp3) is 0.667. The summed E-state index contributed by atoms with van der Waals surface area (Å²) in [6.07, 6.45) is 18.3. The number of nitriles is 1. The number of aliphatic hydroxyl groups excluding tert-OH is 2. The van der Waals surface area contributed by atoms with Crippen molar-refractivity contribution in [2.45, 2.75) is 128 Å². The van der Waals surface area contributed by atoms with E-state index in [0.717, 1.165) is 12.8 Å². The number of aliphatic hydroxyl groups is 2. The number of hydrogen-bond acceptors (Lipinski definition) is 12. The zero-order valence-electron chi connectivity index (χ0n) is 31.9. The molecule has 5 N–H and O–H groups in total. The lowest BCUT2D eigenvalue weighted by Gasteiger charge is -2.25. The lowest BCUT2D eigenvalue weighted by molar-refractivity contribution is -0.0799. The molecule has 1 aromatic carbocycles. The molecular formula is C39H62N5O9P. The number of nitrogens with zero attached hydrogens (tertiary/aromatic N) is 4. The van der Waals surface area contributed by atoms with Crippen LogP contribution in [0.3, 0.4) is 0 Å². The standard InChI is InChI=1S/C39H62N5O9P/c1-2-3-4-5-6-7-8-9-10-11-12-13-14-15-16-20-25-49-26-32(27-50-33-21-18-17-19-22-33)28-52-54(47,48)53-29-36(51-30-40)38(46)37(45)34-23-24-35-39(41)42-31-43-44(34)35/h17-19,21-24,31-32,36-38,45-46H,2-16,20,25-29H2,1H3,(H,47,48)(H2,41,42,43)/t32?,36-,37+,38-/m1/s1. The smallest absolute Gasteiger partial charge is 0.472 e. The Labute approximate surface area is 320 Å². The largest absolute Gasteiger partial charge is 0.493 e. The van der Waals surface area contributed by atoms with E-state index >= 15 is 0 Å². The number of anilines is 1. The maximum atomic E-state index is 12.9. The van der Waals surface area contributed by atoms with Crippen LogP contribution in [0.25, 0.3) is 5.52 Å². The molecule has 2 aromatic heterocycles. The summed E-state index contributed by atoms with van der Waals surface area (Å²) >= 11 is 0. The highest BCUT2D eigenvalue weighted by Gasteiger charge is 2.35. The fourth-order valence-corrected chi connectivity index (χ4v) is 6.94. The molecule has 54 heavy (non-hydrogen) atoms. The van der Waals surface area contributed by atoms with E-state index in [1.54, 1.807) is 6.07 Å². The van der Waals surface area contributed by atoms with Crippen LogP contribution in [-0.2, 0) is 23.1 Å². The van der Waals surface area contributed by atoms with Gasteiger partial charge in [0.25, 0.3) is 6.26 Å². The number of phosphoric acid groups is 1. The van der Waals surface area contributed by atoms with Gasteiger partial charge in [-0.15, -0.1) is 0 Å². The van der Waals surface area contributed by atoms with E-state index in [1.807, 2.05) is 30.3 Å². The fourth-order valence-electron chi connectivity index (χ4n) is 6.13. The summed E-state index contributed by atoms with van der Waals surface area (Å²) in [5.74, 6) is 0.381. The maximum absolute atomic E-state index is 12.9. The van der Waals surface area contributed by atoms with Crippen molar-refractivity contribution in [3.05, 3.63) is 54.5 Å². The van der Waals surface area contributed by atoms with Crippen LogP contribution in [0.4, 0.5) is 5.82 Å². The number of hydrogen-bond donors (Lipinski definition) is 4. The van der Waals surface area contributed by atoms with Crippen LogP contribution < -0.4 is 10.5 Å². The van der Waals surface area contributed by atoms with E-state index < -0.39 is 38.7 Å². The Hall–Kier alpha value is -3.28. The van der Waals surface area contributed by atoms with Crippen LogP contribution in [0.5, 0.6) is 5.75 Å². The summed E-state index contributed by atoms with van der Waals surface area (Å²) in [4.78, 5) is 14.4. The highest BCUT2D eigenvalue weighted by molar-refractivity contribution is 7.47. The van der Waals surface area contributed by atoms with Gasteiger partial charge in [-0.05, 0) is 30.7 Å². The van der Waals surface area contributed by atoms with Crippen molar-refractivity contribution in [2.24, 2.45) is 5.92 Å². The molecular weight excluding hydrogens is 713 g/mol. The molecule has 0 spiro atoms. The number of phosphoric ester groups is 1. The van der Waals surface area contributed by atoms with Crippen molar-refractivity contribution in [3.8, 4) is 12.0 Å². The molecule has 0 aliphatic rings. The highest BCUT2D eigenvalue weighted by Crippen LogP contribution is 2.44. The highest BCUT2D eigenvalue weighted by atomic mass is 31.2. The summed E-state index contributed by atoms with van der Waals surface area (Å²) in [6.45, 7) is 2.23. The average Bonchev–Trinajstić information content (AvgIpc) is 3.62. The van der Waals surface area contributed by atoms with Crippen LogP contribution in [0.2, 0.25) is 0 Å². The summed E-state index contributed by atoms with van der Waals surface area (Å²) in [5.41, 5.74) is 6.36. The second kappa shape index (κ2) is 26.5. The third-order valence-electron chi connectivity index (χ3n) is 9.32. The molecule has 3 rings (SSSR count). The van der Waals surface area contributed by atoms with Crippen molar-refractivity contribution in [1.29, 1.82) is 5.26 Å². The molecule has 0 amide bonds. The van der Waals surface area contributed by atoms with Gasteiger partial charge in [0.15, 0.2) is 11.9 Å². The lowest BCUT2D eigenvalue weighted by Crippen LogP contribution is -2.37. The summed E-state index contributed by atoms with van der Waals surface area (Å²) in [5, 5.41) is 34.9. The normalized spacial score (nSPS) is 14.9. The molecule has 14 nitrogen and oxygen atoms in total. The van der Waals surface area contributed by atoms with Crippen LogP contribution in [-0.4, -0.2) is 74.9 Å². The molecule has 0 aliphatic carbocycles. The van der Waals surface area contributed by atoms with Gasteiger partial charge in [0, 0.05) is 12.5 Å². The van der Waals surface area contributed by atoms with Gasteiger partial charge < -0.3 is 35.1 Å². The minimum absolute atomic E-state index is 0.127. The second-order valence-electron chi connectivity index (χ2n) is 13.8. The van der Waals surface area contributed by atoms with Crippen LogP contribution >= 0.6 is 7.82 Å². The summed E-state index contributed by atoms with van der Waals surface area (Å²) in [7, 11) is -4.71. The molecule has 3 aromatic rings. The number of nitrogens with two attached hydrogens (primary N) is 1. The average molecular weight is 776 g/mol. The van der Waals surface area contributed by atoms with Crippen molar-refractivity contribution in [3.63, 3.8) is 0 Å². The molecule has 0 saturated carbocycles. The number of aromatic nitrogens is 3. The van der Waals surface area contributed by atoms with E-state index in [4.69, 9.17) is 34.3 Å². The predicted octanol–water partition coefficient (Wildman–Crippen LogP) is 7.68. The van der Waals surface area contributed by atoms with E-state index in [2.05, 4.69) is 17.0 Å². The molecule has 2 heterocycles. The molecule has 2 unspecified atom stereocenters. The number of unbranched alkanes of at least 4 members (excludes halogenated alkanes) is 15. The molecule has 5 atom stereocenters. The monoisotopic (exact) mass is 775 g/mol. The zero-order chi connectivity index (χ0) is 38.9. The van der Waals surface area contributed by atoms with Crippen LogP contribution in [0.15, 0.2) is 48.8 Å².